The molecule has 1 aliphatic heterocycles. The molecule has 1 saturated carbocycles. The van der Waals surface area contributed by atoms with Gasteiger partial charge in [-0.05, 0) is 51.4 Å². The summed E-state index contributed by atoms with van der Waals surface area (Å²) in [5.41, 5.74) is 2.00. The molecular weight excluding hydrogens is 487 g/mol. The van der Waals surface area contributed by atoms with Crippen LogP contribution in [0.2, 0.25) is 0 Å². The number of hydrogen-bond acceptors (Lipinski definition) is 9. The van der Waals surface area contributed by atoms with Crippen LogP contribution >= 0.6 is 0 Å². The molecule has 3 heterocycles. The van der Waals surface area contributed by atoms with Gasteiger partial charge in [-0.25, -0.2) is 14.4 Å². The van der Waals surface area contributed by atoms with Gasteiger partial charge < -0.3 is 29.7 Å². The van der Waals surface area contributed by atoms with Gasteiger partial charge in [0, 0.05) is 42.8 Å². The first-order valence-electron chi connectivity index (χ1n) is 12.8. The molecular formula is C28H31FN6O3. The number of nitrogens with one attached hydrogen (secondary N) is 1. The second-order valence-electron chi connectivity index (χ2n) is 10.4. The van der Waals surface area contributed by atoms with Crippen LogP contribution in [-0.4, -0.2) is 83.1 Å². The van der Waals surface area contributed by atoms with E-state index < -0.39 is 17.5 Å². The zero-order valence-corrected chi connectivity index (χ0v) is 21.7. The van der Waals surface area contributed by atoms with Gasteiger partial charge in [-0.2, -0.15) is 0 Å². The fourth-order valence-corrected chi connectivity index (χ4v) is 5.40. The van der Waals surface area contributed by atoms with Crippen molar-refractivity contribution in [2.24, 2.45) is 0 Å². The van der Waals surface area contributed by atoms with Crippen molar-refractivity contribution in [3.05, 3.63) is 54.7 Å². The molecule has 2 aromatic carbocycles. The van der Waals surface area contributed by atoms with Crippen LogP contribution in [0.4, 0.5) is 21.6 Å². The van der Waals surface area contributed by atoms with Crippen LogP contribution in [-0.2, 0) is 4.74 Å². The van der Waals surface area contributed by atoms with Gasteiger partial charge in [0.2, 0.25) is 0 Å². The molecule has 6 rings (SSSR count). The molecule has 0 radical (unpaired) electrons. The van der Waals surface area contributed by atoms with E-state index in [-0.39, 0.29) is 11.8 Å². The monoisotopic (exact) mass is 518 g/mol. The van der Waals surface area contributed by atoms with E-state index in [0.717, 1.165) is 5.69 Å². The summed E-state index contributed by atoms with van der Waals surface area (Å²) in [5, 5.41) is 14.7. The lowest BCUT2D eigenvalue weighted by Gasteiger charge is -2.38. The SMILES string of the molecule is C[C@H](CN(C)C)Oc1cc(N2CCOCC23CC3O)cc2ncnc(Nc3ccc4ncccc4c3F)c12. The minimum atomic E-state index is -0.441. The van der Waals surface area contributed by atoms with Crippen molar-refractivity contribution in [3.8, 4) is 5.75 Å². The summed E-state index contributed by atoms with van der Waals surface area (Å²) in [6.07, 6.45) is 3.18. The van der Waals surface area contributed by atoms with E-state index in [9.17, 15) is 5.11 Å². The van der Waals surface area contributed by atoms with Gasteiger partial charge in [0.25, 0.3) is 0 Å². The Morgan fingerprint density at radius 2 is 2.08 bits per heavy atom. The van der Waals surface area contributed by atoms with Gasteiger partial charge in [0.05, 0.1) is 47.0 Å². The molecule has 0 bridgehead atoms. The van der Waals surface area contributed by atoms with Gasteiger partial charge in [0.15, 0.2) is 5.82 Å². The number of rotatable bonds is 7. The number of nitrogens with zero attached hydrogens (tertiary/aromatic N) is 5. The van der Waals surface area contributed by atoms with Crippen LogP contribution in [0.1, 0.15) is 13.3 Å². The number of likely N-dealkylation sites (N-methyl/N-ethyl adjacent to an activating group) is 1. The highest BCUT2D eigenvalue weighted by atomic mass is 19.1. The van der Waals surface area contributed by atoms with Gasteiger partial charge >= 0.3 is 0 Å². The number of aliphatic hydroxyl groups is 1. The second-order valence-corrected chi connectivity index (χ2v) is 10.4. The number of aliphatic hydroxyl groups excluding tert-OH is 1. The first kappa shape index (κ1) is 24.7. The Hall–Kier alpha value is -3.60. The summed E-state index contributed by atoms with van der Waals surface area (Å²) in [7, 11) is 3.99. The second kappa shape index (κ2) is 9.61. The third-order valence-corrected chi connectivity index (χ3v) is 7.28. The average Bonchev–Trinajstić information content (AvgIpc) is 3.53. The summed E-state index contributed by atoms with van der Waals surface area (Å²) in [5.74, 6) is 0.633. The molecule has 38 heavy (non-hydrogen) atoms. The molecule has 2 aliphatic rings. The Labute approximate surface area is 220 Å². The van der Waals surface area contributed by atoms with Gasteiger partial charge in [-0.15, -0.1) is 0 Å². The van der Waals surface area contributed by atoms with Crippen LogP contribution in [0.25, 0.3) is 21.8 Å². The quantitative estimate of drug-likeness (QED) is 0.379. The number of halogens is 1. The minimum Gasteiger partial charge on any atom is -0.488 e. The number of hydrogen-bond donors (Lipinski definition) is 2. The maximum Gasteiger partial charge on any atom is 0.156 e. The molecule has 3 atom stereocenters. The average molecular weight is 519 g/mol. The summed E-state index contributed by atoms with van der Waals surface area (Å²) >= 11 is 0. The summed E-state index contributed by atoms with van der Waals surface area (Å²) in [6, 6.07) is 10.8. The van der Waals surface area contributed by atoms with Crippen LogP contribution in [0.3, 0.4) is 0 Å². The largest absolute Gasteiger partial charge is 0.488 e. The zero-order chi connectivity index (χ0) is 26.4. The number of aromatic nitrogens is 3. The number of benzene rings is 2. The van der Waals surface area contributed by atoms with E-state index in [4.69, 9.17) is 9.47 Å². The Bertz CT molecular complexity index is 1500. The molecule has 0 amide bonds. The highest BCUT2D eigenvalue weighted by Crippen LogP contribution is 2.48. The summed E-state index contributed by atoms with van der Waals surface area (Å²) in [6.45, 7) is 4.42. The fourth-order valence-electron chi connectivity index (χ4n) is 5.40. The molecule has 2 aromatic heterocycles. The van der Waals surface area contributed by atoms with Crippen LogP contribution in [0.5, 0.6) is 5.75 Å². The van der Waals surface area contributed by atoms with E-state index in [1.807, 2.05) is 33.2 Å². The van der Waals surface area contributed by atoms with Crippen molar-refractivity contribution in [3.63, 3.8) is 0 Å². The topological polar surface area (TPSA) is 95.9 Å². The molecule has 1 spiro atoms. The van der Waals surface area contributed by atoms with Crippen molar-refractivity contribution in [1.29, 1.82) is 0 Å². The van der Waals surface area contributed by atoms with Crippen LogP contribution < -0.4 is 15.0 Å². The summed E-state index contributed by atoms with van der Waals surface area (Å²) in [4.78, 5) is 17.5. The third-order valence-electron chi connectivity index (χ3n) is 7.28. The lowest BCUT2D eigenvalue weighted by molar-refractivity contribution is 0.0682. The van der Waals surface area contributed by atoms with Gasteiger partial charge in [-0.3, -0.25) is 4.98 Å². The van der Waals surface area contributed by atoms with Gasteiger partial charge in [-0.1, -0.05) is 0 Å². The number of fused-ring (bicyclic) bond motifs is 2. The lowest BCUT2D eigenvalue weighted by Crippen LogP contribution is -2.50. The van der Waals surface area contributed by atoms with E-state index in [1.54, 1.807) is 30.5 Å². The zero-order valence-electron chi connectivity index (χ0n) is 21.7. The number of anilines is 3. The van der Waals surface area contributed by atoms with Crippen LogP contribution in [0, 0.1) is 5.82 Å². The highest BCUT2D eigenvalue weighted by molar-refractivity contribution is 5.98. The first-order chi connectivity index (χ1) is 18.4. The predicted octanol–water partition coefficient (Wildman–Crippen LogP) is 3.73. The molecule has 10 heteroatoms. The first-order valence-corrected chi connectivity index (χ1v) is 12.8. The molecule has 4 aromatic rings. The molecule has 198 valence electrons. The maximum atomic E-state index is 15.4. The number of ether oxygens (including phenoxy) is 2. The summed E-state index contributed by atoms with van der Waals surface area (Å²) < 4.78 is 27.6. The van der Waals surface area contributed by atoms with Crippen molar-refractivity contribution in [2.45, 2.75) is 31.1 Å². The molecule has 1 aliphatic carbocycles. The van der Waals surface area contributed by atoms with Crippen molar-refractivity contribution in [2.75, 3.05) is 50.6 Å². The van der Waals surface area contributed by atoms with Crippen molar-refractivity contribution in [1.82, 2.24) is 19.9 Å². The van der Waals surface area contributed by atoms with E-state index in [2.05, 4.69) is 30.1 Å². The molecule has 9 nitrogen and oxygen atoms in total. The molecule has 2 fully saturated rings. The Kier molecular flexibility index (Phi) is 6.25. The minimum absolute atomic E-state index is 0.134. The molecule has 2 N–H and O–H groups in total. The fraction of sp³-hybridized carbons (Fsp3) is 0.393. The lowest BCUT2D eigenvalue weighted by atomic mass is 10.1. The third kappa shape index (κ3) is 4.38. The van der Waals surface area contributed by atoms with Crippen molar-refractivity contribution >= 4 is 39.0 Å². The normalized spacial score (nSPS) is 21.8. The number of pyridine rings is 1. The number of morpholine rings is 1. The van der Waals surface area contributed by atoms with E-state index in [0.29, 0.717) is 66.1 Å². The Balaban J connectivity index is 1.45. The maximum absolute atomic E-state index is 15.4. The van der Waals surface area contributed by atoms with Gasteiger partial charge in [0.1, 0.15) is 24.0 Å². The highest BCUT2D eigenvalue weighted by Gasteiger charge is 2.59. The smallest absolute Gasteiger partial charge is 0.156 e. The van der Waals surface area contributed by atoms with E-state index in [1.165, 1.54) is 6.33 Å². The molecule has 1 saturated heterocycles. The Morgan fingerprint density at radius 1 is 1.24 bits per heavy atom. The standard InChI is InChI=1S/C28H31FN6O3/c1-17(14-34(2)3)38-23-12-18(35-9-10-37-15-28(35)13-24(28)36)11-22-25(23)27(32-16-31-22)33-21-7-6-20-19(26(21)29)5-4-8-30-20/h4-8,11-12,16-17,24,36H,9-10,13-15H2,1-3H3,(H,31,32,33)/t17-,24?,28?/m1/s1. The Morgan fingerprint density at radius 3 is 2.87 bits per heavy atom. The van der Waals surface area contributed by atoms with E-state index >= 15 is 4.39 Å². The predicted molar refractivity (Wildman–Crippen MR) is 145 cm³/mol. The van der Waals surface area contributed by atoms with Crippen molar-refractivity contribution < 1.29 is 19.0 Å². The van der Waals surface area contributed by atoms with Crippen LogP contribution in [0.15, 0.2) is 48.9 Å². The molecule has 2 unspecified atom stereocenters.